The molecule has 0 spiro atoms. The first-order valence-corrected chi connectivity index (χ1v) is 7.15. The van der Waals surface area contributed by atoms with E-state index in [1.165, 1.54) is 0 Å². The molecule has 1 atom stereocenters. The SMILES string of the molecule is CN=[S@](=O)(Cc1ccccc1)c1ccccc1. The molecule has 0 aliphatic carbocycles. The van der Waals surface area contributed by atoms with Crippen molar-refractivity contribution in [3.8, 4) is 0 Å². The first-order chi connectivity index (χ1) is 8.24. The maximum atomic E-state index is 12.8. The number of hydrogen-bond acceptors (Lipinski definition) is 2. The molecular formula is C14H15NOS. The Morgan fingerprint density at radius 2 is 1.47 bits per heavy atom. The van der Waals surface area contributed by atoms with Gasteiger partial charge in [0.15, 0.2) is 0 Å². The van der Waals surface area contributed by atoms with E-state index in [9.17, 15) is 4.21 Å². The summed E-state index contributed by atoms with van der Waals surface area (Å²) in [6.07, 6.45) is 0. The van der Waals surface area contributed by atoms with Crippen LogP contribution < -0.4 is 0 Å². The number of hydrogen-bond donors (Lipinski definition) is 0. The summed E-state index contributed by atoms with van der Waals surface area (Å²) in [5.74, 6) is 0.467. The molecule has 0 aliphatic heterocycles. The van der Waals surface area contributed by atoms with Gasteiger partial charge in [0.05, 0.1) is 15.5 Å². The molecule has 0 fully saturated rings. The summed E-state index contributed by atoms with van der Waals surface area (Å²) in [6.45, 7) is 0. The second kappa shape index (κ2) is 5.15. The number of nitrogens with zero attached hydrogens (tertiary/aromatic N) is 1. The van der Waals surface area contributed by atoms with Crippen LogP contribution in [0.3, 0.4) is 0 Å². The summed E-state index contributed by atoms with van der Waals surface area (Å²) in [5, 5.41) is 0. The molecule has 0 amide bonds. The highest BCUT2D eigenvalue weighted by Crippen LogP contribution is 2.18. The van der Waals surface area contributed by atoms with Crippen molar-refractivity contribution in [1.29, 1.82) is 0 Å². The van der Waals surface area contributed by atoms with Crippen LogP contribution in [-0.4, -0.2) is 11.3 Å². The maximum absolute atomic E-state index is 12.8. The lowest BCUT2D eigenvalue weighted by molar-refractivity contribution is 0.675. The first kappa shape index (κ1) is 11.9. The lowest BCUT2D eigenvalue weighted by atomic mass is 10.2. The van der Waals surface area contributed by atoms with Gasteiger partial charge in [-0.15, -0.1) is 0 Å². The molecular weight excluding hydrogens is 230 g/mol. The van der Waals surface area contributed by atoms with Gasteiger partial charge in [0.1, 0.15) is 0 Å². The third-order valence-electron chi connectivity index (χ3n) is 2.61. The van der Waals surface area contributed by atoms with Gasteiger partial charge in [-0.3, -0.25) is 0 Å². The molecule has 88 valence electrons. The number of benzene rings is 2. The highest BCUT2D eigenvalue weighted by atomic mass is 32.2. The molecule has 0 saturated heterocycles. The van der Waals surface area contributed by atoms with E-state index in [0.717, 1.165) is 10.5 Å². The Balaban J connectivity index is 2.38. The Morgan fingerprint density at radius 3 is 2.00 bits per heavy atom. The topological polar surface area (TPSA) is 29.4 Å². The monoisotopic (exact) mass is 245 g/mol. The summed E-state index contributed by atoms with van der Waals surface area (Å²) < 4.78 is 16.9. The molecule has 2 aromatic carbocycles. The van der Waals surface area contributed by atoms with Gasteiger partial charge in [-0.25, -0.2) is 8.57 Å². The molecule has 0 saturated carbocycles. The van der Waals surface area contributed by atoms with Gasteiger partial charge in [0, 0.05) is 11.9 Å². The molecule has 0 bridgehead atoms. The molecule has 2 aromatic rings. The lowest BCUT2D eigenvalue weighted by Crippen LogP contribution is -2.04. The van der Waals surface area contributed by atoms with E-state index in [2.05, 4.69) is 4.36 Å². The summed E-state index contributed by atoms with van der Waals surface area (Å²) in [7, 11) is -0.710. The van der Waals surface area contributed by atoms with E-state index in [-0.39, 0.29) is 0 Å². The highest BCUT2D eigenvalue weighted by molar-refractivity contribution is 7.92. The zero-order valence-electron chi connectivity index (χ0n) is 9.74. The smallest absolute Gasteiger partial charge is 0.0791 e. The zero-order chi connectivity index (χ0) is 12.1. The molecule has 2 nitrogen and oxygen atoms in total. The first-order valence-electron chi connectivity index (χ1n) is 5.46. The maximum Gasteiger partial charge on any atom is 0.0791 e. The molecule has 0 aromatic heterocycles. The average Bonchev–Trinajstić information content (AvgIpc) is 2.41. The van der Waals surface area contributed by atoms with E-state index in [1.54, 1.807) is 7.05 Å². The normalized spacial score (nSPS) is 13.9. The Kier molecular flexibility index (Phi) is 3.59. The molecule has 3 heteroatoms. The minimum atomic E-state index is -2.33. The van der Waals surface area contributed by atoms with Gasteiger partial charge in [-0.05, 0) is 17.7 Å². The standard InChI is InChI=1S/C14H15NOS/c1-15-17(16,14-10-6-3-7-11-14)12-13-8-4-2-5-9-13/h2-11H,12H2,1H3/t17-/m0/s1. The van der Waals surface area contributed by atoms with Gasteiger partial charge in [-0.1, -0.05) is 48.5 Å². The second-order valence-corrected chi connectivity index (χ2v) is 6.17. The zero-order valence-corrected chi connectivity index (χ0v) is 10.6. The van der Waals surface area contributed by atoms with Crippen LogP contribution in [-0.2, 0) is 15.5 Å². The van der Waals surface area contributed by atoms with Crippen molar-refractivity contribution in [3.05, 3.63) is 66.2 Å². The van der Waals surface area contributed by atoms with Crippen LogP contribution in [0, 0.1) is 0 Å². The summed E-state index contributed by atoms with van der Waals surface area (Å²) in [6, 6.07) is 19.3. The predicted molar refractivity (Wildman–Crippen MR) is 71.3 cm³/mol. The third-order valence-corrected chi connectivity index (χ3v) is 4.93. The van der Waals surface area contributed by atoms with Gasteiger partial charge in [0.2, 0.25) is 0 Å². The lowest BCUT2D eigenvalue weighted by Gasteiger charge is -2.09. The van der Waals surface area contributed by atoms with Crippen molar-refractivity contribution in [1.82, 2.24) is 0 Å². The van der Waals surface area contributed by atoms with E-state index < -0.39 is 9.73 Å². The fourth-order valence-electron chi connectivity index (χ4n) is 1.69. The fourth-order valence-corrected chi connectivity index (χ4v) is 3.42. The Morgan fingerprint density at radius 1 is 0.941 bits per heavy atom. The molecule has 0 unspecified atom stereocenters. The predicted octanol–water partition coefficient (Wildman–Crippen LogP) is 3.34. The Labute approximate surface area is 102 Å². The van der Waals surface area contributed by atoms with E-state index in [0.29, 0.717) is 5.75 Å². The molecule has 17 heavy (non-hydrogen) atoms. The largest absolute Gasteiger partial charge is 0.244 e. The van der Waals surface area contributed by atoms with Crippen LogP contribution >= 0.6 is 0 Å². The van der Waals surface area contributed by atoms with Crippen LogP contribution in [0.2, 0.25) is 0 Å². The summed E-state index contributed by atoms with van der Waals surface area (Å²) in [5.41, 5.74) is 1.05. The summed E-state index contributed by atoms with van der Waals surface area (Å²) in [4.78, 5) is 0.798. The minimum absolute atomic E-state index is 0.467. The molecule has 2 rings (SSSR count). The van der Waals surface area contributed by atoms with Crippen molar-refractivity contribution < 1.29 is 4.21 Å². The molecule has 0 N–H and O–H groups in total. The fraction of sp³-hybridized carbons (Fsp3) is 0.143. The third kappa shape index (κ3) is 2.74. The van der Waals surface area contributed by atoms with Crippen LogP contribution in [0.4, 0.5) is 0 Å². The molecule has 0 radical (unpaired) electrons. The van der Waals surface area contributed by atoms with Crippen molar-refractivity contribution in [2.24, 2.45) is 4.36 Å². The van der Waals surface area contributed by atoms with E-state index in [4.69, 9.17) is 0 Å². The average molecular weight is 245 g/mol. The van der Waals surface area contributed by atoms with Crippen LogP contribution in [0.15, 0.2) is 69.9 Å². The van der Waals surface area contributed by atoms with Gasteiger partial charge in [0.25, 0.3) is 0 Å². The second-order valence-electron chi connectivity index (χ2n) is 3.77. The van der Waals surface area contributed by atoms with E-state index in [1.807, 2.05) is 60.7 Å². The Hall–Kier alpha value is -1.61. The van der Waals surface area contributed by atoms with Crippen LogP contribution in [0.5, 0.6) is 0 Å². The van der Waals surface area contributed by atoms with Crippen molar-refractivity contribution >= 4 is 9.73 Å². The minimum Gasteiger partial charge on any atom is -0.244 e. The summed E-state index contributed by atoms with van der Waals surface area (Å²) >= 11 is 0. The molecule has 0 aliphatic rings. The van der Waals surface area contributed by atoms with Gasteiger partial charge < -0.3 is 0 Å². The van der Waals surface area contributed by atoms with Crippen molar-refractivity contribution in [2.45, 2.75) is 10.6 Å². The number of rotatable bonds is 3. The van der Waals surface area contributed by atoms with Gasteiger partial charge >= 0.3 is 0 Å². The Bertz CT molecular complexity index is 584. The molecule has 0 heterocycles. The van der Waals surface area contributed by atoms with Crippen molar-refractivity contribution in [3.63, 3.8) is 0 Å². The van der Waals surface area contributed by atoms with Crippen LogP contribution in [0.1, 0.15) is 5.56 Å². The highest BCUT2D eigenvalue weighted by Gasteiger charge is 2.11. The quantitative estimate of drug-likeness (QED) is 0.815. The van der Waals surface area contributed by atoms with E-state index >= 15 is 0 Å². The van der Waals surface area contributed by atoms with Gasteiger partial charge in [-0.2, -0.15) is 0 Å². The van der Waals surface area contributed by atoms with Crippen molar-refractivity contribution in [2.75, 3.05) is 7.05 Å². The van der Waals surface area contributed by atoms with Crippen LogP contribution in [0.25, 0.3) is 0 Å².